The van der Waals surface area contributed by atoms with E-state index in [-0.39, 0.29) is 6.10 Å². The molecule has 4 nitrogen and oxygen atoms in total. The van der Waals surface area contributed by atoms with Crippen LogP contribution in [-0.4, -0.2) is 34.1 Å². The number of ether oxygens (including phenoxy) is 1. The molecule has 1 aliphatic heterocycles. The van der Waals surface area contributed by atoms with E-state index in [1.54, 1.807) is 6.20 Å². The van der Waals surface area contributed by atoms with Crippen LogP contribution in [0.4, 0.5) is 0 Å². The summed E-state index contributed by atoms with van der Waals surface area (Å²) in [7, 11) is 0. The van der Waals surface area contributed by atoms with Crippen LogP contribution >= 0.6 is 11.3 Å². The van der Waals surface area contributed by atoms with Gasteiger partial charge in [-0.3, -0.25) is 9.88 Å². The van der Waals surface area contributed by atoms with Crippen molar-refractivity contribution in [3.05, 3.63) is 39.6 Å². The molecule has 1 atom stereocenters. The summed E-state index contributed by atoms with van der Waals surface area (Å²) in [5.74, 6) is 0.960. The minimum absolute atomic E-state index is 0.278. The van der Waals surface area contributed by atoms with Gasteiger partial charge in [-0.05, 0) is 33.3 Å². The summed E-state index contributed by atoms with van der Waals surface area (Å²) in [5.41, 5.74) is 2.27. The van der Waals surface area contributed by atoms with Gasteiger partial charge in [0.2, 0.25) is 0 Å². The van der Waals surface area contributed by atoms with E-state index < -0.39 is 0 Å². The lowest BCUT2D eigenvalue weighted by Crippen LogP contribution is -2.24. The summed E-state index contributed by atoms with van der Waals surface area (Å²) in [4.78, 5) is 12.5. The number of nitrogens with zero attached hydrogens (tertiary/aromatic N) is 3. The van der Waals surface area contributed by atoms with Gasteiger partial charge in [0.25, 0.3) is 0 Å². The summed E-state index contributed by atoms with van der Waals surface area (Å²) in [6.07, 6.45) is 5.00. The Labute approximate surface area is 129 Å². The lowest BCUT2D eigenvalue weighted by molar-refractivity contribution is 0.197. The molecular formula is C16H21N3OS. The van der Waals surface area contributed by atoms with Crippen molar-refractivity contribution in [2.24, 2.45) is 0 Å². The Morgan fingerprint density at radius 1 is 1.38 bits per heavy atom. The molecule has 3 heterocycles. The number of thiazole rings is 1. The Morgan fingerprint density at radius 2 is 2.24 bits per heavy atom. The van der Waals surface area contributed by atoms with Crippen LogP contribution < -0.4 is 4.74 Å². The van der Waals surface area contributed by atoms with Gasteiger partial charge in [0.05, 0.1) is 10.7 Å². The van der Waals surface area contributed by atoms with Gasteiger partial charge in [-0.15, -0.1) is 11.3 Å². The van der Waals surface area contributed by atoms with Crippen molar-refractivity contribution >= 4 is 11.3 Å². The number of aromatic nitrogens is 2. The summed E-state index contributed by atoms with van der Waals surface area (Å²) in [6.45, 7) is 9.28. The number of hydrogen-bond donors (Lipinski definition) is 0. The number of hydrogen-bond acceptors (Lipinski definition) is 5. The number of rotatable bonds is 4. The summed E-state index contributed by atoms with van der Waals surface area (Å²) >= 11 is 1.81. The molecule has 112 valence electrons. The fourth-order valence-electron chi connectivity index (χ4n) is 2.73. The predicted octanol–water partition coefficient (Wildman–Crippen LogP) is 3.12. The van der Waals surface area contributed by atoms with Gasteiger partial charge >= 0.3 is 0 Å². The fraction of sp³-hybridized carbons (Fsp3) is 0.500. The summed E-state index contributed by atoms with van der Waals surface area (Å²) in [6, 6.07) is 1.95. The van der Waals surface area contributed by atoms with E-state index in [9.17, 15) is 0 Å². The molecule has 0 bridgehead atoms. The molecule has 1 fully saturated rings. The molecule has 1 aliphatic rings. The standard InChI is InChI=1S/C16H21N3OS/c1-11-8-17-6-4-15(11)20-14-5-7-19(9-14)10-16-12(2)18-13(3)21-16/h4,6,8,14H,5,7,9-10H2,1-3H3. The van der Waals surface area contributed by atoms with E-state index in [0.717, 1.165) is 42.4 Å². The highest BCUT2D eigenvalue weighted by molar-refractivity contribution is 7.11. The van der Waals surface area contributed by atoms with Gasteiger partial charge in [-0.2, -0.15) is 0 Å². The van der Waals surface area contributed by atoms with Crippen LogP contribution in [0, 0.1) is 20.8 Å². The van der Waals surface area contributed by atoms with Crippen molar-refractivity contribution in [1.82, 2.24) is 14.9 Å². The molecular weight excluding hydrogens is 282 g/mol. The SMILES string of the molecule is Cc1nc(C)c(CN2CCC(Oc3ccncc3C)C2)s1. The third-order valence-corrected chi connectivity index (χ3v) is 4.92. The van der Waals surface area contributed by atoms with Crippen LogP contribution in [0.5, 0.6) is 5.75 Å². The van der Waals surface area contributed by atoms with Crippen molar-refractivity contribution in [1.29, 1.82) is 0 Å². The Hall–Kier alpha value is -1.46. The fourth-order valence-corrected chi connectivity index (χ4v) is 3.71. The number of pyridine rings is 1. The highest BCUT2D eigenvalue weighted by atomic mass is 32.1. The first kappa shape index (κ1) is 14.5. The molecule has 5 heteroatoms. The van der Waals surface area contributed by atoms with Crippen molar-refractivity contribution in [3.8, 4) is 5.75 Å². The summed E-state index contributed by atoms with van der Waals surface area (Å²) < 4.78 is 6.12. The Bertz CT molecular complexity index is 626. The highest BCUT2D eigenvalue weighted by Crippen LogP contribution is 2.24. The second-order valence-electron chi connectivity index (χ2n) is 5.65. The lowest BCUT2D eigenvalue weighted by atomic mass is 10.2. The first-order chi connectivity index (χ1) is 10.1. The van der Waals surface area contributed by atoms with Crippen LogP contribution in [0.15, 0.2) is 18.5 Å². The molecule has 0 spiro atoms. The molecule has 0 aromatic carbocycles. The van der Waals surface area contributed by atoms with E-state index in [2.05, 4.69) is 28.7 Å². The van der Waals surface area contributed by atoms with Gasteiger partial charge < -0.3 is 4.74 Å². The molecule has 3 rings (SSSR count). The van der Waals surface area contributed by atoms with Gasteiger partial charge in [-0.25, -0.2) is 4.98 Å². The number of aryl methyl sites for hydroxylation is 3. The zero-order valence-corrected chi connectivity index (χ0v) is 13.6. The second-order valence-corrected chi connectivity index (χ2v) is 6.93. The third-order valence-electron chi connectivity index (χ3n) is 3.86. The van der Waals surface area contributed by atoms with E-state index in [1.165, 1.54) is 10.6 Å². The average molecular weight is 303 g/mol. The monoisotopic (exact) mass is 303 g/mol. The van der Waals surface area contributed by atoms with Crippen LogP contribution in [0.3, 0.4) is 0 Å². The summed E-state index contributed by atoms with van der Waals surface area (Å²) in [5, 5.41) is 1.15. The molecule has 1 unspecified atom stereocenters. The molecule has 2 aromatic rings. The van der Waals surface area contributed by atoms with E-state index >= 15 is 0 Å². The first-order valence-corrected chi connectivity index (χ1v) is 8.16. The smallest absolute Gasteiger partial charge is 0.125 e. The van der Waals surface area contributed by atoms with Crippen molar-refractivity contribution in [3.63, 3.8) is 0 Å². The zero-order chi connectivity index (χ0) is 14.8. The maximum Gasteiger partial charge on any atom is 0.125 e. The molecule has 0 aliphatic carbocycles. The molecule has 0 amide bonds. The largest absolute Gasteiger partial charge is 0.489 e. The Morgan fingerprint density at radius 3 is 2.95 bits per heavy atom. The highest BCUT2D eigenvalue weighted by Gasteiger charge is 2.25. The molecule has 21 heavy (non-hydrogen) atoms. The lowest BCUT2D eigenvalue weighted by Gasteiger charge is -2.17. The normalized spacial score (nSPS) is 19.1. The molecule has 2 aromatic heterocycles. The van der Waals surface area contributed by atoms with Crippen LogP contribution in [0.2, 0.25) is 0 Å². The van der Waals surface area contributed by atoms with E-state index in [4.69, 9.17) is 4.74 Å². The van der Waals surface area contributed by atoms with E-state index in [1.807, 2.05) is 30.5 Å². The molecule has 0 N–H and O–H groups in total. The maximum absolute atomic E-state index is 6.12. The van der Waals surface area contributed by atoms with E-state index in [0.29, 0.717) is 0 Å². The first-order valence-electron chi connectivity index (χ1n) is 7.34. The minimum atomic E-state index is 0.278. The van der Waals surface area contributed by atoms with Gasteiger partial charge in [-0.1, -0.05) is 0 Å². The van der Waals surface area contributed by atoms with Crippen LogP contribution in [-0.2, 0) is 6.54 Å². The molecule has 1 saturated heterocycles. The average Bonchev–Trinajstić information content (AvgIpc) is 3.00. The number of likely N-dealkylation sites (tertiary alicyclic amines) is 1. The maximum atomic E-state index is 6.12. The topological polar surface area (TPSA) is 38.2 Å². The molecule has 0 saturated carbocycles. The van der Waals surface area contributed by atoms with Crippen molar-refractivity contribution in [2.75, 3.05) is 13.1 Å². The predicted molar refractivity (Wildman–Crippen MR) is 84.9 cm³/mol. The minimum Gasteiger partial charge on any atom is -0.489 e. The van der Waals surface area contributed by atoms with Crippen LogP contribution in [0.25, 0.3) is 0 Å². The van der Waals surface area contributed by atoms with Gasteiger partial charge in [0, 0.05) is 42.5 Å². The zero-order valence-electron chi connectivity index (χ0n) is 12.8. The second kappa shape index (κ2) is 6.12. The van der Waals surface area contributed by atoms with Gasteiger partial charge in [0.15, 0.2) is 0 Å². The van der Waals surface area contributed by atoms with Gasteiger partial charge in [0.1, 0.15) is 11.9 Å². The van der Waals surface area contributed by atoms with Crippen molar-refractivity contribution < 1.29 is 4.74 Å². The van der Waals surface area contributed by atoms with Crippen molar-refractivity contribution in [2.45, 2.75) is 39.8 Å². The Balaban J connectivity index is 1.58. The Kier molecular flexibility index (Phi) is 4.22. The quantitative estimate of drug-likeness (QED) is 0.870. The third kappa shape index (κ3) is 3.41. The van der Waals surface area contributed by atoms with Crippen LogP contribution in [0.1, 0.15) is 27.6 Å². The molecule has 0 radical (unpaired) electrons.